The van der Waals surface area contributed by atoms with E-state index in [1.807, 2.05) is 12.1 Å². The molecule has 6 heteroatoms. The first-order chi connectivity index (χ1) is 12.2. The summed E-state index contributed by atoms with van der Waals surface area (Å²) in [5.41, 5.74) is 0.105. The summed E-state index contributed by atoms with van der Waals surface area (Å²) in [5, 5.41) is 15.4. The third-order valence-electron chi connectivity index (χ3n) is 4.95. The van der Waals surface area contributed by atoms with Gasteiger partial charge in [-0.05, 0) is 56.0 Å². The molecule has 1 heterocycles. The first kappa shape index (κ1) is 20.6. The van der Waals surface area contributed by atoms with E-state index in [9.17, 15) is 5.11 Å². The zero-order valence-electron chi connectivity index (χ0n) is 16.3. The molecular formula is C20H31N3O2S. The molecule has 0 aliphatic heterocycles. The SMILES string of the molecule is Cc1ccc(OCCCCCC(O)(Cn2nc[nH]c2=S)C(C)(C)C)cc1. The second-order valence-corrected chi connectivity index (χ2v) is 8.39. The Labute approximate surface area is 161 Å². The average molecular weight is 378 g/mol. The molecule has 1 aromatic carbocycles. The number of aliphatic hydroxyl groups is 1. The molecule has 5 nitrogen and oxygen atoms in total. The van der Waals surface area contributed by atoms with E-state index in [4.69, 9.17) is 17.0 Å². The van der Waals surface area contributed by atoms with Crippen LogP contribution in [0.15, 0.2) is 30.6 Å². The molecule has 2 N–H and O–H groups in total. The van der Waals surface area contributed by atoms with E-state index in [0.29, 0.717) is 24.3 Å². The first-order valence-electron chi connectivity index (χ1n) is 9.24. The number of H-pyrrole nitrogens is 1. The van der Waals surface area contributed by atoms with E-state index in [-0.39, 0.29) is 5.41 Å². The average Bonchev–Trinajstić information content (AvgIpc) is 2.96. The minimum atomic E-state index is -0.863. The Bertz CT molecular complexity index is 731. The van der Waals surface area contributed by atoms with Crippen LogP contribution in [0.1, 0.15) is 52.0 Å². The predicted molar refractivity (Wildman–Crippen MR) is 107 cm³/mol. The summed E-state index contributed by atoms with van der Waals surface area (Å²) in [7, 11) is 0. The van der Waals surface area contributed by atoms with E-state index in [2.05, 4.69) is 49.9 Å². The molecular weight excluding hydrogens is 346 g/mol. The highest BCUT2D eigenvalue weighted by Gasteiger charge is 2.40. The lowest BCUT2D eigenvalue weighted by atomic mass is 9.73. The molecule has 0 fully saturated rings. The van der Waals surface area contributed by atoms with Gasteiger partial charge in [0.15, 0.2) is 4.77 Å². The molecule has 1 atom stereocenters. The number of hydrogen-bond donors (Lipinski definition) is 2. The zero-order chi connectivity index (χ0) is 19.2. The molecule has 0 radical (unpaired) electrons. The first-order valence-corrected chi connectivity index (χ1v) is 9.64. The Morgan fingerprint density at radius 1 is 1.15 bits per heavy atom. The van der Waals surface area contributed by atoms with Crippen LogP contribution < -0.4 is 4.74 Å². The van der Waals surface area contributed by atoms with Gasteiger partial charge in [0.05, 0.1) is 18.8 Å². The zero-order valence-corrected chi connectivity index (χ0v) is 17.1. The maximum atomic E-state index is 11.3. The molecule has 144 valence electrons. The molecule has 0 amide bonds. The normalized spacial score (nSPS) is 14.2. The maximum absolute atomic E-state index is 11.3. The Morgan fingerprint density at radius 3 is 2.42 bits per heavy atom. The Hall–Kier alpha value is -1.66. The van der Waals surface area contributed by atoms with Crippen molar-refractivity contribution in [1.29, 1.82) is 0 Å². The Kier molecular flexibility index (Phi) is 7.01. The topological polar surface area (TPSA) is 63.1 Å². The summed E-state index contributed by atoms with van der Waals surface area (Å²) >= 11 is 5.22. The lowest BCUT2D eigenvalue weighted by molar-refractivity contribution is -0.0817. The van der Waals surface area contributed by atoms with E-state index >= 15 is 0 Å². The molecule has 26 heavy (non-hydrogen) atoms. The molecule has 1 unspecified atom stereocenters. The largest absolute Gasteiger partial charge is 0.494 e. The number of ether oxygens (including phenoxy) is 1. The van der Waals surface area contributed by atoms with Crippen LogP contribution in [0.5, 0.6) is 5.75 Å². The molecule has 0 saturated carbocycles. The van der Waals surface area contributed by atoms with Gasteiger partial charge in [0.1, 0.15) is 12.1 Å². The lowest BCUT2D eigenvalue weighted by Gasteiger charge is -2.40. The van der Waals surface area contributed by atoms with E-state index in [1.165, 1.54) is 5.56 Å². The van der Waals surface area contributed by atoms with Crippen LogP contribution in [0.4, 0.5) is 0 Å². The van der Waals surface area contributed by atoms with Crippen molar-refractivity contribution >= 4 is 12.2 Å². The molecule has 0 saturated heterocycles. The van der Waals surface area contributed by atoms with Gasteiger partial charge in [-0.15, -0.1) is 0 Å². The van der Waals surface area contributed by atoms with Crippen molar-refractivity contribution in [3.8, 4) is 5.75 Å². The van der Waals surface area contributed by atoms with Crippen molar-refractivity contribution in [2.24, 2.45) is 5.41 Å². The van der Waals surface area contributed by atoms with Crippen LogP contribution in [0.3, 0.4) is 0 Å². The van der Waals surface area contributed by atoms with Gasteiger partial charge in [-0.3, -0.25) is 0 Å². The van der Waals surface area contributed by atoms with E-state index < -0.39 is 5.60 Å². The van der Waals surface area contributed by atoms with Gasteiger partial charge >= 0.3 is 0 Å². The summed E-state index contributed by atoms with van der Waals surface area (Å²) in [5.74, 6) is 0.912. The number of unbranched alkanes of at least 4 members (excludes halogenated alkanes) is 2. The summed E-state index contributed by atoms with van der Waals surface area (Å²) in [6.07, 6.45) is 5.18. The van der Waals surface area contributed by atoms with Crippen LogP contribution >= 0.6 is 12.2 Å². The van der Waals surface area contributed by atoms with Crippen molar-refractivity contribution in [2.75, 3.05) is 6.61 Å². The fourth-order valence-corrected chi connectivity index (χ4v) is 3.02. The van der Waals surface area contributed by atoms with E-state index in [0.717, 1.165) is 25.0 Å². The van der Waals surface area contributed by atoms with Crippen LogP contribution in [0.25, 0.3) is 0 Å². The third kappa shape index (κ3) is 5.68. The lowest BCUT2D eigenvalue weighted by Crippen LogP contribution is -2.46. The number of benzene rings is 1. The number of rotatable bonds is 9. The molecule has 1 aromatic heterocycles. The summed E-state index contributed by atoms with van der Waals surface area (Å²) < 4.78 is 7.98. The second kappa shape index (κ2) is 8.82. The second-order valence-electron chi connectivity index (χ2n) is 8.01. The summed E-state index contributed by atoms with van der Waals surface area (Å²) in [6.45, 7) is 9.34. The van der Waals surface area contributed by atoms with Gasteiger partial charge in [-0.25, -0.2) is 4.68 Å². The number of nitrogens with one attached hydrogen (secondary N) is 1. The van der Waals surface area contributed by atoms with Crippen molar-refractivity contribution < 1.29 is 9.84 Å². The van der Waals surface area contributed by atoms with E-state index in [1.54, 1.807) is 11.0 Å². The fourth-order valence-electron chi connectivity index (χ4n) is 2.85. The molecule has 0 bridgehead atoms. The quantitative estimate of drug-likeness (QED) is 0.492. The van der Waals surface area contributed by atoms with Gasteiger partial charge in [0.25, 0.3) is 0 Å². The number of nitrogens with zero attached hydrogens (tertiary/aromatic N) is 2. The highest BCUT2D eigenvalue weighted by molar-refractivity contribution is 7.71. The van der Waals surface area contributed by atoms with Crippen LogP contribution in [0, 0.1) is 17.1 Å². The smallest absolute Gasteiger partial charge is 0.195 e. The molecule has 0 aliphatic rings. The van der Waals surface area contributed by atoms with Crippen molar-refractivity contribution in [3.05, 3.63) is 40.9 Å². The minimum absolute atomic E-state index is 0.265. The highest BCUT2D eigenvalue weighted by atomic mass is 32.1. The predicted octanol–water partition coefficient (Wildman–Crippen LogP) is 4.67. The number of aromatic nitrogens is 3. The van der Waals surface area contributed by atoms with Gasteiger partial charge in [-0.2, -0.15) is 5.10 Å². The molecule has 0 spiro atoms. The van der Waals surface area contributed by atoms with Crippen molar-refractivity contribution in [2.45, 2.75) is 65.5 Å². The fraction of sp³-hybridized carbons (Fsp3) is 0.600. The Balaban J connectivity index is 1.79. The van der Waals surface area contributed by atoms with Gasteiger partial charge in [0, 0.05) is 0 Å². The van der Waals surface area contributed by atoms with Gasteiger partial charge in [0.2, 0.25) is 0 Å². The summed E-state index contributed by atoms with van der Waals surface area (Å²) in [4.78, 5) is 2.88. The third-order valence-corrected chi connectivity index (χ3v) is 5.28. The maximum Gasteiger partial charge on any atom is 0.195 e. The highest BCUT2D eigenvalue weighted by Crippen LogP contribution is 2.36. The number of aromatic amines is 1. The van der Waals surface area contributed by atoms with Crippen LogP contribution in [0.2, 0.25) is 0 Å². The number of hydrogen-bond acceptors (Lipinski definition) is 4. The molecule has 0 aliphatic carbocycles. The monoisotopic (exact) mass is 377 g/mol. The Morgan fingerprint density at radius 2 is 1.85 bits per heavy atom. The molecule has 2 aromatic rings. The van der Waals surface area contributed by atoms with Crippen molar-refractivity contribution in [3.63, 3.8) is 0 Å². The van der Waals surface area contributed by atoms with Crippen LogP contribution in [-0.4, -0.2) is 32.1 Å². The number of aryl methyl sites for hydroxylation is 1. The minimum Gasteiger partial charge on any atom is -0.494 e. The van der Waals surface area contributed by atoms with Crippen LogP contribution in [-0.2, 0) is 6.54 Å². The molecule has 2 rings (SSSR count). The van der Waals surface area contributed by atoms with Crippen molar-refractivity contribution in [1.82, 2.24) is 14.8 Å². The van der Waals surface area contributed by atoms with Gasteiger partial charge in [-0.1, -0.05) is 44.9 Å². The summed E-state index contributed by atoms with van der Waals surface area (Å²) in [6, 6.07) is 8.11. The standard InChI is InChI=1S/C20H31N3O2S/c1-16-8-10-17(11-9-16)25-13-7-5-6-12-20(24,19(2,3)4)14-23-18(26)21-15-22-23/h8-11,15,24H,5-7,12-14H2,1-4H3,(H,21,22,26). The van der Waals surface area contributed by atoms with Gasteiger partial charge < -0.3 is 14.8 Å².